The number of primary amides is 1. The number of carbonyl (C=O) groups excluding carboxylic acids is 1. The van der Waals surface area contributed by atoms with Crippen LogP contribution in [0.2, 0.25) is 0 Å². The fourth-order valence-electron chi connectivity index (χ4n) is 3.74. The van der Waals surface area contributed by atoms with Crippen LogP contribution in [0.15, 0.2) is 89.8 Å². The van der Waals surface area contributed by atoms with E-state index in [-0.39, 0.29) is 12.2 Å². The number of hydrogen-bond donors (Lipinski definition) is 3. The minimum absolute atomic E-state index is 0.149. The van der Waals surface area contributed by atoms with Gasteiger partial charge in [0.1, 0.15) is 17.2 Å². The van der Waals surface area contributed by atoms with Gasteiger partial charge in [-0.15, -0.1) is 0 Å². The van der Waals surface area contributed by atoms with Crippen LogP contribution in [0.3, 0.4) is 0 Å². The fraction of sp³-hybridized carbons (Fsp3) is 0.143. The second-order valence-electron chi connectivity index (χ2n) is 8.41. The first kappa shape index (κ1) is 27.2. The summed E-state index contributed by atoms with van der Waals surface area (Å²) in [6.07, 6.45) is -3.76. The van der Waals surface area contributed by atoms with Crippen molar-refractivity contribution in [2.45, 2.75) is 24.0 Å². The summed E-state index contributed by atoms with van der Waals surface area (Å²) < 4.78 is 46.1. The maximum Gasteiger partial charge on any atom is 0.416 e. The molecule has 6 nitrogen and oxygen atoms in total. The van der Waals surface area contributed by atoms with E-state index in [1.807, 2.05) is 24.3 Å². The molecule has 0 bridgehead atoms. The largest absolute Gasteiger partial charge is 0.457 e. The van der Waals surface area contributed by atoms with Gasteiger partial charge in [-0.2, -0.15) is 13.2 Å². The quantitative estimate of drug-likeness (QED) is 0.170. The van der Waals surface area contributed by atoms with Crippen LogP contribution in [0.4, 0.5) is 13.2 Å². The molecule has 0 fully saturated rings. The molecule has 0 saturated carbocycles. The van der Waals surface area contributed by atoms with Gasteiger partial charge in [0.25, 0.3) is 5.91 Å². The average Bonchev–Trinajstić information content (AvgIpc) is 2.92. The predicted molar refractivity (Wildman–Crippen MR) is 142 cm³/mol. The van der Waals surface area contributed by atoms with Crippen LogP contribution in [0.1, 0.15) is 27.2 Å². The lowest BCUT2D eigenvalue weighted by molar-refractivity contribution is -0.137. The van der Waals surface area contributed by atoms with Crippen molar-refractivity contribution in [2.24, 2.45) is 10.9 Å². The summed E-state index contributed by atoms with van der Waals surface area (Å²) in [6.45, 7) is 0.759. The minimum atomic E-state index is -4.47. The topological polar surface area (TPSA) is 103 Å². The Hall–Kier alpha value is -3.86. The van der Waals surface area contributed by atoms with Gasteiger partial charge in [0.05, 0.1) is 11.3 Å². The van der Waals surface area contributed by atoms with E-state index in [1.54, 1.807) is 36.4 Å². The Labute approximate surface area is 222 Å². The molecule has 0 radical (unpaired) electrons. The van der Waals surface area contributed by atoms with Crippen LogP contribution in [0.25, 0.3) is 11.3 Å². The number of hydrogen-bond acceptors (Lipinski definition) is 6. The van der Waals surface area contributed by atoms with Crippen LogP contribution in [0.5, 0.6) is 11.5 Å². The van der Waals surface area contributed by atoms with Crippen molar-refractivity contribution in [3.8, 4) is 22.8 Å². The Morgan fingerprint density at radius 2 is 1.71 bits per heavy atom. The molecule has 38 heavy (non-hydrogen) atoms. The van der Waals surface area contributed by atoms with Gasteiger partial charge in [-0.25, -0.2) is 4.98 Å². The van der Waals surface area contributed by atoms with Gasteiger partial charge >= 0.3 is 6.18 Å². The highest BCUT2D eigenvalue weighted by atomic mass is 32.2. The van der Waals surface area contributed by atoms with Gasteiger partial charge in [-0.1, -0.05) is 18.2 Å². The van der Waals surface area contributed by atoms with Gasteiger partial charge in [-0.3, -0.25) is 9.93 Å². The molecule has 1 heterocycles. The molecule has 0 spiro atoms. The lowest BCUT2D eigenvalue weighted by Gasteiger charge is -2.15. The molecule has 3 aromatic carbocycles. The number of amides is 1. The number of benzene rings is 3. The van der Waals surface area contributed by atoms with Crippen LogP contribution in [-0.4, -0.2) is 17.4 Å². The molecular weight excluding hydrogens is 513 g/mol. The third kappa shape index (κ3) is 7.12. The number of halogens is 3. The van der Waals surface area contributed by atoms with E-state index in [9.17, 15) is 18.0 Å². The molecule has 0 aliphatic heterocycles. The van der Waals surface area contributed by atoms with Crippen LogP contribution < -0.4 is 20.9 Å². The fourth-order valence-corrected chi connectivity index (χ4v) is 4.03. The van der Waals surface area contributed by atoms with Crippen molar-refractivity contribution < 1.29 is 22.7 Å². The van der Waals surface area contributed by atoms with Gasteiger partial charge in [0, 0.05) is 22.6 Å². The number of nitrogens with zero attached hydrogens (tertiary/aromatic N) is 1. The minimum Gasteiger partial charge on any atom is -0.457 e. The zero-order valence-electron chi connectivity index (χ0n) is 20.2. The van der Waals surface area contributed by atoms with E-state index in [0.29, 0.717) is 35.7 Å². The summed E-state index contributed by atoms with van der Waals surface area (Å²) >= 11 is 1.17. The van der Waals surface area contributed by atoms with Crippen molar-refractivity contribution in [3.63, 3.8) is 0 Å². The third-order valence-corrected chi connectivity index (χ3v) is 6.28. The lowest BCUT2D eigenvalue weighted by atomic mass is 10.1. The summed E-state index contributed by atoms with van der Waals surface area (Å²) in [6, 6.07) is 23.1. The Balaban J connectivity index is 1.47. The van der Waals surface area contributed by atoms with Gasteiger partial charge < -0.3 is 15.8 Å². The second kappa shape index (κ2) is 12.1. The number of nitrogens with one attached hydrogen (secondary N) is 1. The predicted octanol–water partition coefficient (Wildman–Crippen LogP) is 5.96. The second-order valence-corrected chi connectivity index (χ2v) is 9.11. The van der Waals surface area contributed by atoms with Crippen molar-refractivity contribution in [3.05, 3.63) is 107 Å². The van der Waals surface area contributed by atoms with E-state index in [1.165, 1.54) is 24.1 Å². The first-order valence-corrected chi connectivity index (χ1v) is 12.5. The van der Waals surface area contributed by atoms with E-state index < -0.39 is 17.6 Å². The highest BCUT2D eigenvalue weighted by Gasteiger charge is 2.31. The maximum atomic E-state index is 13.4. The summed E-state index contributed by atoms with van der Waals surface area (Å²) in [5.74, 6) is 0.133. The molecule has 0 aliphatic carbocycles. The molecular formula is C28H25F3N4O2S. The van der Waals surface area contributed by atoms with E-state index in [0.717, 1.165) is 28.2 Å². The highest BCUT2D eigenvalue weighted by molar-refractivity contribution is 7.97. The molecule has 0 atom stereocenters. The number of pyridine rings is 1. The number of nitrogens with two attached hydrogens (primary N) is 2. The Kier molecular flexibility index (Phi) is 8.67. The number of ether oxygens (including phenoxy) is 1. The first-order valence-electron chi connectivity index (χ1n) is 11.6. The smallest absolute Gasteiger partial charge is 0.416 e. The van der Waals surface area contributed by atoms with Crippen molar-refractivity contribution in [2.75, 3.05) is 6.54 Å². The number of aromatic nitrogens is 1. The molecule has 1 aromatic heterocycles. The Morgan fingerprint density at radius 3 is 2.37 bits per heavy atom. The number of carbonyl (C=O) groups is 1. The Bertz CT molecular complexity index is 1390. The molecule has 5 N–H and O–H groups in total. The van der Waals surface area contributed by atoms with Gasteiger partial charge in [0.15, 0.2) is 0 Å². The molecule has 0 unspecified atom stereocenters. The summed E-state index contributed by atoms with van der Waals surface area (Å²) in [5.41, 5.74) is 7.47. The highest BCUT2D eigenvalue weighted by Crippen LogP contribution is 2.34. The molecule has 10 heteroatoms. The molecule has 1 amide bonds. The molecule has 4 rings (SSSR count). The number of alkyl halides is 3. The normalized spacial score (nSPS) is 11.4. The monoisotopic (exact) mass is 538 g/mol. The zero-order chi connectivity index (χ0) is 27.1. The van der Waals surface area contributed by atoms with Gasteiger partial charge in [-0.05, 0) is 97.2 Å². The maximum absolute atomic E-state index is 13.4. The molecule has 0 saturated heterocycles. The van der Waals surface area contributed by atoms with Gasteiger partial charge in [0.2, 0.25) is 0 Å². The average molecular weight is 539 g/mol. The van der Waals surface area contributed by atoms with E-state index in [4.69, 9.17) is 15.6 Å². The molecule has 4 aromatic rings. The van der Waals surface area contributed by atoms with Crippen molar-refractivity contribution in [1.29, 1.82) is 0 Å². The van der Waals surface area contributed by atoms with Crippen LogP contribution in [-0.2, 0) is 19.1 Å². The van der Waals surface area contributed by atoms with Crippen molar-refractivity contribution >= 4 is 17.9 Å². The molecule has 0 aliphatic rings. The first-order chi connectivity index (χ1) is 18.2. The summed E-state index contributed by atoms with van der Waals surface area (Å²) in [5, 5.41) is 8.75. The number of rotatable bonds is 10. The third-order valence-electron chi connectivity index (χ3n) is 5.73. The standard InChI is InChI=1S/C28H25F3N4O2S/c29-28(30,31)21-8-13-26(20(16-21)17-34-15-14-18-4-11-23(38-33)12-5-18)37-22-9-6-19(7-10-22)24-2-1-3-25(35-24)27(32)36/h1-13,16,34H,14-15,17,33H2,(H2,32,36). The lowest BCUT2D eigenvalue weighted by Crippen LogP contribution is -2.18. The Morgan fingerprint density at radius 1 is 0.974 bits per heavy atom. The SMILES string of the molecule is NSc1ccc(CCNCc2cc(C(F)(F)F)ccc2Oc2ccc(-c3cccc(C(N)=O)n3)cc2)cc1. The van der Waals surface area contributed by atoms with Crippen LogP contribution in [0, 0.1) is 0 Å². The van der Waals surface area contributed by atoms with E-state index in [2.05, 4.69) is 10.3 Å². The summed E-state index contributed by atoms with van der Waals surface area (Å²) in [4.78, 5) is 16.6. The zero-order valence-corrected chi connectivity index (χ0v) is 21.0. The molecule has 196 valence electrons. The summed E-state index contributed by atoms with van der Waals surface area (Å²) in [7, 11) is 0. The van der Waals surface area contributed by atoms with Crippen LogP contribution >= 0.6 is 11.9 Å². The van der Waals surface area contributed by atoms with E-state index >= 15 is 0 Å². The van der Waals surface area contributed by atoms with Crippen molar-refractivity contribution in [1.82, 2.24) is 10.3 Å².